The first kappa shape index (κ1) is 25.8. The van der Waals surface area contributed by atoms with Crippen LogP contribution in [0.2, 0.25) is 0 Å². The van der Waals surface area contributed by atoms with Crippen molar-refractivity contribution >= 4 is 55.8 Å². The van der Waals surface area contributed by atoms with Crippen molar-refractivity contribution in [1.82, 2.24) is 0 Å². The summed E-state index contributed by atoms with van der Waals surface area (Å²) in [6.07, 6.45) is 1.39. The number of ether oxygens (including phenoxy) is 1. The molecule has 4 aromatic carbocycles. The highest BCUT2D eigenvalue weighted by molar-refractivity contribution is 9.10. The van der Waals surface area contributed by atoms with Crippen LogP contribution in [0.25, 0.3) is 10.8 Å². The Bertz CT molecular complexity index is 1470. The fourth-order valence-corrected chi connectivity index (χ4v) is 4.30. The maximum Gasteiger partial charge on any atom is 0.412 e. The lowest BCUT2D eigenvalue weighted by Gasteiger charge is -2.24. The fourth-order valence-electron chi connectivity index (χ4n) is 3.92. The number of nitrogens with two attached hydrogens (primary N) is 1. The molecule has 5 N–H and O–H groups in total. The van der Waals surface area contributed by atoms with Crippen LogP contribution in [0, 0.1) is 5.92 Å². The predicted octanol–water partition coefficient (Wildman–Crippen LogP) is 7.01. The maximum absolute atomic E-state index is 13.0. The van der Waals surface area contributed by atoms with Crippen LogP contribution in [-0.4, -0.2) is 17.1 Å². The number of aromatic hydroxyl groups is 1. The van der Waals surface area contributed by atoms with Gasteiger partial charge in [-0.05, 0) is 47.9 Å². The van der Waals surface area contributed by atoms with E-state index in [0.29, 0.717) is 27.1 Å². The molecule has 0 saturated heterocycles. The van der Waals surface area contributed by atoms with E-state index < -0.39 is 18.1 Å². The van der Waals surface area contributed by atoms with Gasteiger partial charge < -0.3 is 20.9 Å². The second-order valence-corrected chi connectivity index (χ2v) is 9.39. The second kappa shape index (κ2) is 11.6. The number of benzene rings is 4. The van der Waals surface area contributed by atoms with Gasteiger partial charge in [-0.15, -0.1) is 0 Å². The summed E-state index contributed by atoms with van der Waals surface area (Å²) in [5.41, 5.74) is 7.84. The highest BCUT2D eigenvalue weighted by Crippen LogP contribution is 2.36. The zero-order valence-corrected chi connectivity index (χ0v) is 21.6. The van der Waals surface area contributed by atoms with Crippen molar-refractivity contribution in [2.75, 3.05) is 16.4 Å². The number of nitrogen functional groups attached to an aromatic ring is 1. The van der Waals surface area contributed by atoms with Crippen LogP contribution in [0.15, 0.2) is 102 Å². The summed E-state index contributed by atoms with van der Waals surface area (Å²) in [5.74, 6) is -0.896. The first-order valence-electron chi connectivity index (χ1n) is 11.6. The highest BCUT2D eigenvalue weighted by Gasteiger charge is 2.26. The molecule has 188 valence electrons. The van der Waals surface area contributed by atoms with Crippen LogP contribution >= 0.6 is 15.9 Å². The topological polar surface area (TPSA) is 114 Å². The second-order valence-electron chi connectivity index (χ2n) is 8.48. The Hall–Kier alpha value is -4.30. The number of anilines is 3. The molecule has 0 bridgehead atoms. The van der Waals surface area contributed by atoms with Gasteiger partial charge in [0.2, 0.25) is 5.91 Å². The van der Waals surface area contributed by atoms with Gasteiger partial charge in [0.05, 0.1) is 17.1 Å². The minimum atomic E-state index is -0.890. The van der Waals surface area contributed by atoms with E-state index in [-0.39, 0.29) is 11.7 Å². The zero-order chi connectivity index (χ0) is 26.4. The Kier molecular flexibility index (Phi) is 8.10. The van der Waals surface area contributed by atoms with Gasteiger partial charge in [0.25, 0.3) is 0 Å². The average molecular weight is 560 g/mol. The van der Waals surface area contributed by atoms with E-state index in [9.17, 15) is 14.7 Å². The van der Waals surface area contributed by atoms with Gasteiger partial charge >= 0.3 is 6.09 Å². The van der Waals surface area contributed by atoms with Crippen molar-refractivity contribution in [1.29, 1.82) is 0 Å². The molecule has 4 aromatic rings. The zero-order valence-electron chi connectivity index (χ0n) is 20.0. The van der Waals surface area contributed by atoms with Gasteiger partial charge in [-0.2, -0.15) is 0 Å². The number of phenolic OH excluding ortho intramolecular Hbond substituents is 1. The van der Waals surface area contributed by atoms with Gasteiger partial charge in [-0.1, -0.05) is 77.5 Å². The molecule has 2 amide bonds. The van der Waals surface area contributed by atoms with Gasteiger partial charge in [-0.25, -0.2) is 4.79 Å². The minimum absolute atomic E-state index is 0.0343. The normalized spacial score (nSPS) is 12.7. The molecule has 0 aliphatic rings. The number of rotatable bonds is 7. The first-order valence-corrected chi connectivity index (χ1v) is 12.4. The predicted molar refractivity (Wildman–Crippen MR) is 150 cm³/mol. The molecule has 0 aliphatic heterocycles. The third-order valence-corrected chi connectivity index (χ3v) is 6.30. The van der Waals surface area contributed by atoms with E-state index in [1.54, 1.807) is 55.5 Å². The quantitative estimate of drug-likeness (QED) is 0.143. The molecule has 8 heteroatoms. The molecular weight excluding hydrogens is 534 g/mol. The van der Waals surface area contributed by atoms with E-state index in [2.05, 4.69) is 26.6 Å². The summed E-state index contributed by atoms with van der Waals surface area (Å²) in [6.45, 7) is 1.79. The number of carbonyl (C=O) groups excluding carboxylic acids is 2. The van der Waals surface area contributed by atoms with Crippen molar-refractivity contribution in [2.45, 2.75) is 13.0 Å². The van der Waals surface area contributed by atoms with E-state index in [1.807, 2.05) is 36.4 Å². The Labute approximate surface area is 223 Å². The van der Waals surface area contributed by atoms with Crippen LogP contribution in [0.1, 0.15) is 18.6 Å². The van der Waals surface area contributed by atoms with Gasteiger partial charge in [0.1, 0.15) is 11.9 Å². The van der Waals surface area contributed by atoms with Crippen LogP contribution in [-0.2, 0) is 9.53 Å². The van der Waals surface area contributed by atoms with Crippen molar-refractivity contribution in [3.63, 3.8) is 0 Å². The van der Waals surface area contributed by atoms with E-state index in [4.69, 9.17) is 10.5 Å². The first-order chi connectivity index (χ1) is 17.8. The minimum Gasteiger partial charge on any atom is -0.508 e. The van der Waals surface area contributed by atoms with E-state index >= 15 is 0 Å². The SMILES string of the molecule is C[C@H](/C=C/C(=O)Nc1ccccc1N)[C@H](OC(=O)Nc1cccc2ccccc12)c1cc(Br)ccc1O. The summed E-state index contributed by atoms with van der Waals surface area (Å²) in [5, 5.41) is 17.9. The lowest BCUT2D eigenvalue weighted by atomic mass is 9.96. The number of para-hydroxylation sites is 2. The van der Waals surface area contributed by atoms with Crippen molar-refractivity contribution in [3.05, 3.63) is 107 Å². The summed E-state index contributed by atoms with van der Waals surface area (Å²) >= 11 is 3.41. The van der Waals surface area contributed by atoms with E-state index in [1.165, 1.54) is 12.1 Å². The molecule has 0 aliphatic carbocycles. The smallest absolute Gasteiger partial charge is 0.412 e. The number of halogens is 1. The number of hydrogen-bond donors (Lipinski definition) is 4. The molecule has 0 unspecified atom stereocenters. The standard InChI is InChI=1S/C29H26BrN3O4/c1-18(13-16-27(35)32-25-11-5-4-10-23(25)31)28(22-17-20(30)14-15-26(22)34)37-29(36)33-24-12-6-8-19-7-2-3-9-21(19)24/h2-18,28,34H,31H2,1H3,(H,32,35)(H,33,36)/b16-13+/t18-,28+/m1/s1. The Morgan fingerprint density at radius 3 is 2.46 bits per heavy atom. The number of hydrogen-bond acceptors (Lipinski definition) is 5. The Morgan fingerprint density at radius 1 is 0.946 bits per heavy atom. The van der Waals surface area contributed by atoms with Crippen LogP contribution in [0.5, 0.6) is 5.75 Å². The number of phenols is 1. The van der Waals surface area contributed by atoms with Gasteiger partial charge in [0, 0.05) is 21.3 Å². The number of carbonyl (C=O) groups is 2. The lowest BCUT2D eigenvalue weighted by molar-refractivity contribution is -0.111. The van der Waals surface area contributed by atoms with Gasteiger partial charge in [0.15, 0.2) is 0 Å². The maximum atomic E-state index is 13.0. The summed E-state index contributed by atoms with van der Waals surface area (Å²) in [7, 11) is 0. The van der Waals surface area contributed by atoms with E-state index in [0.717, 1.165) is 10.8 Å². The third kappa shape index (κ3) is 6.48. The highest BCUT2D eigenvalue weighted by atomic mass is 79.9. The molecule has 0 radical (unpaired) electrons. The molecule has 0 saturated carbocycles. The molecule has 37 heavy (non-hydrogen) atoms. The average Bonchev–Trinajstić information content (AvgIpc) is 2.89. The summed E-state index contributed by atoms with van der Waals surface area (Å²) in [4.78, 5) is 25.5. The largest absolute Gasteiger partial charge is 0.508 e. The number of nitrogens with one attached hydrogen (secondary N) is 2. The van der Waals surface area contributed by atoms with Crippen LogP contribution < -0.4 is 16.4 Å². The summed E-state index contributed by atoms with van der Waals surface area (Å²) < 4.78 is 6.53. The Balaban J connectivity index is 1.55. The molecule has 0 spiro atoms. The number of amides is 2. The molecule has 7 nitrogen and oxygen atoms in total. The monoisotopic (exact) mass is 559 g/mol. The number of fused-ring (bicyclic) bond motifs is 1. The van der Waals surface area contributed by atoms with Crippen LogP contribution in [0.4, 0.5) is 21.9 Å². The summed E-state index contributed by atoms with van der Waals surface area (Å²) in [6, 6.07) is 25.1. The van der Waals surface area contributed by atoms with Crippen molar-refractivity contribution in [2.24, 2.45) is 5.92 Å². The Morgan fingerprint density at radius 2 is 1.65 bits per heavy atom. The molecule has 4 rings (SSSR count). The van der Waals surface area contributed by atoms with Crippen molar-refractivity contribution in [3.8, 4) is 5.75 Å². The molecule has 2 atom stereocenters. The lowest BCUT2D eigenvalue weighted by Crippen LogP contribution is -2.22. The third-order valence-electron chi connectivity index (χ3n) is 5.80. The fraction of sp³-hybridized carbons (Fsp3) is 0.103. The molecule has 0 fully saturated rings. The van der Waals surface area contributed by atoms with Crippen molar-refractivity contribution < 1.29 is 19.4 Å². The van der Waals surface area contributed by atoms with Gasteiger partial charge in [-0.3, -0.25) is 10.1 Å². The molecule has 0 aromatic heterocycles. The molecular formula is C29H26BrN3O4. The van der Waals surface area contributed by atoms with Crippen LogP contribution in [0.3, 0.4) is 0 Å². The molecule has 0 heterocycles.